The van der Waals surface area contributed by atoms with E-state index in [1.165, 1.54) is 6.33 Å². The van der Waals surface area contributed by atoms with Gasteiger partial charge in [0.2, 0.25) is 0 Å². The lowest BCUT2D eigenvalue weighted by Crippen LogP contribution is -2.39. The molecule has 8 nitrogen and oxygen atoms in total. The lowest BCUT2D eigenvalue weighted by atomic mass is 9.94. The molecule has 1 saturated heterocycles. The number of aromatic nitrogens is 5. The fraction of sp³-hybridized carbons (Fsp3) is 0.316. The molecule has 0 radical (unpaired) electrons. The van der Waals surface area contributed by atoms with Gasteiger partial charge in [-0.3, -0.25) is 4.79 Å². The van der Waals surface area contributed by atoms with E-state index >= 15 is 0 Å². The van der Waals surface area contributed by atoms with Crippen molar-refractivity contribution < 1.29 is 9.21 Å². The molecule has 27 heavy (non-hydrogen) atoms. The average molecular weight is 362 g/mol. The molecular weight excluding hydrogens is 344 g/mol. The fourth-order valence-corrected chi connectivity index (χ4v) is 3.75. The van der Waals surface area contributed by atoms with Crippen LogP contribution in [0.3, 0.4) is 0 Å². The highest BCUT2D eigenvalue weighted by molar-refractivity contribution is 5.92. The molecular formula is C19H18N6O2. The average Bonchev–Trinajstić information content (AvgIpc) is 3.33. The van der Waals surface area contributed by atoms with Crippen LogP contribution in [0, 0.1) is 6.92 Å². The summed E-state index contributed by atoms with van der Waals surface area (Å²) < 4.78 is 7.43. The predicted molar refractivity (Wildman–Crippen MR) is 97.4 cm³/mol. The van der Waals surface area contributed by atoms with Crippen molar-refractivity contribution in [3.05, 3.63) is 53.9 Å². The maximum Gasteiger partial charge on any atom is 0.309 e. The van der Waals surface area contributed by atoms with Gasteiger partial charge in [-0.25, -0.2) is 14.5 Å². The summed E-state index contributed by atoms with van der Waals surface area (Å²) in [6, 6.07) is 9.44. The van der Waals surface area contributed by atoms with E-state index in [4.69, 9.17) is 4.42 Å². The maximum absolute atomic E-state index is 12.9. The van der Waals surface area contributed by atoms with E-state index in [1.807, 2.05) is 42.2 Å². The van der Waals surface area contributed by atoms with Crippen LogP contribution >= 0.6 is 0 Å². The Morgan fingerprint density at radius 2 is 2.15 bits per heavy atom. The third kappa shape index (κ3) is 2.73. The number of likely N-dealkylation sites (tertiary alicyclic amines) is 1. The Bertz CT molecular complexity index is 1110. The van der Waals surface area contributed by atoms with Crippen molar-refractivity contribution >= 4 is 22.8 Å². The number of carbonyl (C=O) groups excluding carboxylic acids is 1. The van der Waals surface area contributed by atoms with Crippen molar-refractivity contribution in [3.63, 3.8) is 0 Å². The number of amides is 1. The van der Waals surface area contributed by atoms with Crippen LogP contribution in [-0.4, -0.2) is 48.5 Å². The second-order valence-electron chi connectivity index (χ2n) is 6.87. The van der Waals surface area contributed by atoms with Crippen LogP contribution in [0.1, 0.15) is 40.8 Å². The normalized spacial score (nSPS) is 17.7. The topological polar surface area (TPSA) is 89.4 Å². The lowest BCUT2D eigenvalue weighted by Gasteiger charge is -2.32. The number of benzene rings is 1. The van der Waals surface area contributed by atoms with Crippen LogP contribution in [0.15, 0.2) is 41.1 Å². The van der Waals surface area contributed by atoms with Crippen LogP contribution in [0.5, 0.6) is 0 Å². The van der Waals surface area contributed by atoms with E-state index in [0.717, 1.165) is 24.2 Å². The molecule has 1 aliphatic heterocycles. The summed E-state index contributed by atoms with van der Waals surface area (Å²) >= 11 is 0. The first kappa shape index (κ1) is 15.9. The molecule has 4 heterocycles. The number of fused-ring (bicyclic) bond motifs is 2. The van der Waals surface area contributed by atoms with Gasteiger partial charge >= 0.3 is 5.91 Å². The molecule has 0 spiro atoms. The smallest absolute Gasteiger partial charge is 0.309 e. The third-order valence-corrected chi connectivity index (χ3v) is 5.01. The van der Waals surface area contributed by atoms with Crippen molar-refractivity contribution in [3.8, 4) is 0 Å². The van der Waals surface area contributed by atoms with E-state index in [-0.39, 0.29) is 17.7 Å². The van der Waals surface area contributed by atoms with Gasteiger partial charge in [-0.15, -0.1) is 0 Å². The zero-order valence-electron chi connectivity index (χ0n) is 14.9. The van der Waals surface area contributed by atoms with Crippen molar-refractivity contribution in [1.82, 2.24) is 29.5 Å². The van der Waals surface area contributed by atoms with Crippen molar-refractivity contribution in [2.24, 2.45) is 0 Å². The van der Waals surface area contributed by atoms with E-state index in [0.29, 0.717) is 30.0 Å². The summed E-state index contributed by atoms with van der Waals surface area (Å²) in [5, 5.41) is 4.30. The molecule has 3 aromatic heterocycles. The van der Waals surface area contributed by atoms with Crippen molar-refractivity contribution in [2.45, 2.75) is 25.7 Å². The quantitative estimate of drug-likeness (QED) is 0.544. The van der Waals surface area contributed by atoms with Gasteiger partial charge in [0, 0.05) is 24.7 Å². The zero-order chi connectivity index (χ0) is 18.4. The van der Waals surface area contributed by atoms with Crippen LogP contribution in [0.25, 0.3) is 16.9 Å². The summed E-state index contributed by atoms with van der Waals surface area (Å²) in [5.74, 6) is 0.732. The summed E-state index contributed by atoms with van der Waals surface area (Å²) in [6.45, 7) is 3.23. The minimum atomic E-state index is -0.170. The number of nitrogens with zero attached hydrogens (tertiary/aromatic N) is 6. The van der Waals surface area contributed by atoms with Crippen molar-refractivity contribution in [2.75, 3.05) is 13.1 Å². The largest absolute Gasteiger partial charge is 0.432 e. The minimum Gasteiger partial charge on any atom is -0.432 e. The van der Waals surface area contributed by atoms with Gasteiger partial charge in [-0.05, 0) is 38.0 Å². The molecule has 0 N–H and O–H groups in total. The van der Waals surface area contributed by atoms with Crippen molar-refractivity contribution in [1.29, 1.82) is 0 Å². The number of rotatable bonds is 2. The monoisotopic (exact) mass is 362 g/mol. The minimum absolute atomic E-state index is 0.147. The van der Waals surface area contributed by atoms with Gasteiger partial charge in [-0.1, -0.05) is 12.1 Å². The first-order chi connectivity index (χ1) is 13.2. The number of carbonyl (C=O) groups is 1. The lowest BCUT2D eigenvalue weighted by molar-refractivity contribution is 0.0667. The molecule has 0 unspecified atom stereocenters. The van der Waals surface area contributed by atoms with Gasteiger partial charge < -0.3 is 9.32 Å². The second-order valence-corrected chi connectivity index (χ2v) is 6.87. The summed E-state index contributed by atoms with van der Waals surface area (Å²) in [4.78, 5) is 27.7. The summed E-state index contributed by atoms with van der Waals surface area (Å²) in [5.41, 5.74) is 3.25. The molecule has 0 saturated carbocycles. The van der Waals surface area contributed by atoms with Crippen LogP contribution < -0.4 is 0 Å². The van der Waals surface area contributed by atoms with E-state index < -0.39 is 0 Å². The molecule has 1 amide bonds. The number of oxazole rings is 1. The standard InChI is InChI=1S/C19H18N6O2/c1-12-9-15(25-19(22-12)20-11-21-25)13-5-4-8-24(10-13)18(26)17-23-14-6-2-3-7-16(14)27-17/h2-3,6-7,9,11,13H,4-5,8,10H2,1H3/t13-/m0/s1. The molecule has 0 aliphatic carbocycles. The number of piperidine rings is 1. The van der Waals surface area contributed by atoms with Crippen LogP contribution in [0.2, 0.25) is 0 Å². The highest BCUT2D eigenvalue weighted by Gasteiger charge is 2.30. The zero-order valence-corrected chi connectivity index (χ0v) is 14.9. The predicted octanol–water partition coefficient (Wildman–Crippen LogP) is 2.59. The summed E-state index contributed by atoms with van der Waals surface area (Å²) in [7, 11) is 0. The molecule has 1 aromatic carbocycles. The molecule has 136 valence electrons. The maximum atomic E-state index is 12.9. The molecule has 4 aromatic rings. The van der Waals surface area contributed by atoms with Gasteiger partial charge in [0.1, 0.15) is 11.8 Å². The molecule has 0 bridgehead atoms. The highest BCUT2D eigenvalue weighted by Crippen LogP contribution is 2.28. The Morgan fingerprint density at radius 3 is 3.04 bits per heavy atom. The van der Waals surface area contributed by atoms with Gasteiger partial charge in [-0.2, -0.15) is 10.1 Å². The molecule has 5 rings (SSSR count). The highest BCUT2D eigenvalue weighted by atomic mass is 16.4. The Morgan fingerprint density at radius 1 is 1.26 bits per heavy atom. The summed E-state index contributed by atoms with van der Waals surface area (Å²) in [6.07, 6.45) is 3.40. The molecule has 1 aliphatic rings. The van der Waals surface area contributed by atoms with Crippen LogP contribution in [-0.2, 0) is 0 Å². The second kappa shape index (κ2) is 6.15. The first-order valence-electron chi connectivity index (χ1n) is 9.01. The molecule has 1 atom stereocenters. The SMILES string of the molecule is Cc1cc([C@H]2CCCN(C(=O)c3nc4ccccc4o3)C2)n2ncnc2n1. The van der Waals surface area contributed by atoms with Crippen LogP contribution in [0.4, 0.5) is 0 Å². The van der Waals surface area contributed by atoms with Gasteiger partial charge in [0.15, 0.2) is 5.58 Å². The van der Waals surface area contributed by atoms with Gasteiger partial charge in [0.05, 0.1) is 5.69 Å². The number of hydrogen-bond donors (Lipinski definition) is 0. The molecule has 8 heteroatoms. The number of aryl methyl sites for hydroxylation is 1. The Hall–Kier alpha value is -3.29. The Kier molecular flexibility index (Phi) is 3.63. The number of para-hydroxylation sites is 2. The third-order valence-electron chi connectivity index (χ3n) is 5.01. The Balaban J connectivity index is 1.45. The number of hydrogen-bond acceptors (Lipinski definition) is 6. The first-order valence-corrected chi connectivity index (χ1v) is 9.01. The van der Waals surface area contributed by atoms with E-state index in [2.05, 4.69) is 20.1 Å². The van der Waals surface area contributed by atoms with E-state index in [1.54, 1.807) is 4.52 Å². The Labute approximate surface area is 154 Å². The van der Waals surface area contributed by atoms with Gasteiger partial charge in [0.25, 0.3) is 11.7 Å². The molecule has 1 fully saturated rings. The fourth-order valence-electron chi connectivity index (χ4n) is 3.75. The van der Waals surface area contributed by atoms with E-state index in [9.17, 15) is 4.79 Å².